The first-order valence-electron chi connectivity index (χ1n) is 6.99. The predicted octanol–water partition coefficient (Wildman–Crippen LogP) is 0.928. The third kappa shape index (κ3) is 4.19. The van der Waals surface area contributed by atoms with E-state index in [1.54, 1.807) is 23.1 Å². The maximum absolute atomic E-state index is 11.8. The Bertz CT molecular complexity index is 518. The molecule has 0 radical (unpaired) electrons. The van der Waals surface area contributed by atoms with E-state index < -0.39 is 5.97 Å². The van der Waals surface area contributed by atoms with Crippen molar-refractivity contribution in [1.29, 1.82) is 0 Å². The number of carbonyl (C=O) groups is 2. The van der Waals surface area contributed by atoms with Gasteiger partial charge in [0.1, 0.15) is 17.9 Å². The lowest BCUT2D eigenvalue weighted by Crippen LogP contribution is -2.36. The highest BCUT2D eigenvalue weighted by Crippen LogP contribution is 2.17. The van der Waals surface area contributed by atoms with E-state index in [1.165, 1.54) is 6.07 Å². The smallest absolute Gasteiger partial charge is 0.339 e. The van der Waals surface area contributed by atoms with Gasteiger partial charge >= 0.3 is 5.97 Å². The molecule has 1 heterocycles. The van der Waals surface area contributed by atoms with E-state index in [4.69, 9.17) is 9.84 Å². The molecule has 0 aromatic heterocycles. The zero-order valence-corrected chi connectivity index (χ0v) is 12.1. The lowest BCUT2D eigenvalue weighted by atomic mass is 10.2. The van der Waals surface area contributed by atoms with Crippen LogP contribution in [0.25, 0.3) is 0 Å². The van der Waals surface area contributed by atoms with Gasteiger partial charge in [-0.2, -0.15) is 0 Å². The van der Waals surface area contributed by atoms with Crippen molar-refractivity contribution >= 4 is 11.9 Å². The molecule has 0 atom stereocenters. The second kappa shape index (κ2) is 7.08. The fourth-order valence-electron chi connectivity index (χ4n) is 2.29. The average Bonchev–Trinajstić information content (AvgIpc) is 2.61. The van der Waals surface area contributed by atoms with E-state index in [-0.39, 0.29) is 11.5 Å². The molecule has 0 spiro atoms. The first-order valence-corrected chi connectivity index (χ1v) is 6.99. The van der Waals surface area contributed by atoms with Crippen LogP contribution in [0.1, 0.15) is 16.8 Å². The summed E-state index contributed by atoms with van der Waals surface area (Å²) in [6.45, 7) is 2.98. The number of carboxylic acids is 1. The number of hydrogen-bond acceptors (Lipinski definition) is 4. The van der Waals surface area contributed by atoms with Crippen LogP contribution < -0.4 is 4.74 Å². The second-order valence-electron chi connectivity index (χ2n) is 5.09. The molecule has 0 saturated carbocycles. The van der Waals surface area contributed by atoms with Crippen molar-refractivity contribution in [1.82, 2.24) is 9.80 Å². The molecule has 1 N–H and O–H groups in total. The number of hydrogen-bond donors (Lipinski definition) is 1. The standard InChI is InChI=1S/C15H20N2O4/c1-16-7-4-8-17(11-14(16)18)9-10-21-13-6-3-2-5-12(13)15(19)20/h2-3,5-6H,4,7-11H2,1H3,(H,19,20). The Morgan fingerprint density at radius 2 is 2.10 bits per heavy atom. The van der Waals surface area contributed by atoms with E-state index in [9.17, 15) is 9.59 Å². The van der Waals surface area contributed by atoms with Crippen LogP contribution in [0, 0.1) is 0 Å². The summed E-state index contributed by atoms with van der Waals surface area (Å²) >= 11 is 0. The predicted molar refractivity (Wildman–Crippen MR) is 77.6 cm³/mol. The summed E-state index contributed by atoms with van der Waals surface area (Å²) in [5.74, 6) is -0.529. The van der Waals surface area contributed by atoms with Crippen molar-refractivity contribution in [2.45, 2.75) is 6.42 Å². The Hall–Kier alpha value is -2.08. The van der Waals surface area contributed by atoms with Crippen molar-refractivity contribution in [2.75, 3.05) is 39.8 Å². The number of carbonyl (C=O) groups excluding carboxylic acids is 1. The monoisotopic (exact) mass is 292 g/mol. The van der Waals surface area contributed by atoms with Gasteiger partial charge in [0.05, 0.1) is 6.54 Å². The van der Waals surface area contributed by atoms with Crippen LogP contribution in [-0.2, 0) is 4.79 Å². The number of nitrogens with zero attached hydrogens (tertiary/aromatic N) is 2. The molecular weight excluding hydrogens is 272 g/mol. The topological polar surface area (TPSA) is 70.1 Å². The van der Waals surface area contributed by atoms with Gasteiger partial charge in [-0.1, -0.05) is 12.1 Å². The molecule has 1 aromatic rings. The van der Waals surface area contributed by atoms with Crippen LogP contribution in [0.3, 0.4) is 0 Å². The van der Waals surface area contributed by atoms with Crippen molar-refractivity contribution in [3.8, 4) is 5.75 Å². The molecule has 21 heavy (non-hydrogen) atoms. The number of carboxylic acid groups (broad SMARTS) is 1. The van der Waals surface area contributed by atoms with Gasteiger partial charge in [-0.05, 0) is 18.6 Å². The van der Waals surface area contributed by atoms with E-state index in [0.29, 0.717) is 25.4 Å². The number of ether oxygens (including phenoxy) is 1. The van der Waals surface area contributed by atoms with Gasteiger partial charge in [0, 0.05) is 26.7 Å². The van der Waals surface area contributed by atoms with E-state index in [0.717, 1.165) is 19.5 Å². The van der Waals surface area contributed by atoms with Crippen molar-refractivity contribution in [3.05, 3.63) is 29.8 Å². The highest BCUT2D eigenvalue weighted by Gasteiger charge is 2.18. The Balaban J connectivity index is 1.87. The van der Waals surface area contributed by atoms with Crippen LogP contribution >= 0.6 is 0 Å². The lowest BCUT2D eigenvalue weighted by molar-refractivity contribution is -0.129. The molecule has 2 rings (SSSR count). The molecule has 0 unspecified atom stereocenters. The molecular formula is C15H20N2O4. The Kier molecular flexibility index (Phi) is 5.16. The van der Waals surface area contributed by atoms with Crippen molar-refractivity contribution < 1.29 is 19.4 Å². The first kappa shape index (κ1) is 15.3. The first-order chi connectivity index (χ1) is 10.1. The highest BCUT2D eigenvalue weighted by molar-refractivity contribution is 5.90. The van der Waals surface area contributed by atoms with Crippen molar-refractivity contribution in [2.24, 2.45) is 0 Å². The molecule has 0 bridgehead atoms. The SMILES string of the molecule is CN1CCCN(CCOc2ccccc2C(=O)O)CC1=O. The third-order valence-corrected chi connectivity index (χ3v) is 3.54. The molecule has 6 heteroatoms. The van der Waals surface area contributed by atoms with Gasteiger partial charge in [0.25, 0.3) is 0 Å². The molecule has 1 aliphatic heterocycles. The van der Waals surface area contributed by atoms with Crippen LogP contribution in [0.5, 0.6) is 5.75 Å². The Morgan fingerprint density at radius 3 is 2.86 bits per heavy atom. The van der Waals surface area contributed by atoms with Gasteiger partial charge in [0.2, 0.25) is 5.91 Å². The molecule has 6 nitrogen and oxygen atoms in total. The molecule has 1 saturated heterocycles. The summed E-state index contributed by atoms with van der Waals surface area (Å²) in [4.78, 5) is 26.6. The fraction of sp³-hybridized carbons (Fsp3) is 0.467. The van der Waals surface area contributed by atoms with E-state index >= 15 is 0 Å². The number of para-hydroxylation sites is 1. The largest absolute Gasteiger partial charge is 0.491 e. The minimum Gasteiger partial charge on any atom is -0.491 e. The lowest BCUT2D eigenvalue weighted by Gasteiger charge is -2.19. The molecule has 1 aliphatic rings. The van der Waals surface area contributed by atoms with Crippen LogP contribution in [-0.4, -0.2) is 66.6 Å². The molecule has 1 fully saturated rings. The minimum atomic E-state index is -1.00. The summed E-state index contributed by atoms with van der Waals surface area (Å²) in [5, 5.41) is 9.07. The number of amides is 1. The molecule has 114 valence electrons. The van der Waals surface area contributed by atoms with Gasteiger partial charge in [-0.25, -0.2) is 4.79 Å². The average molecular weight is 292 g/mol. The Morgan fingerprint density at radius 1 is 1.33 bits per heavy atom. The molecule has 0 aliphatic carbocycles. The molecule has 1 amide bonds. The summed E-state index contributed by atoms with van der Waals surface area (Å²) in [5.41, 5.74) is 0.157. The normalized spacial score (nSPS) is 16.6. The second-order valence-corrected chi connectivity index (χ2v) is 5.09. The number of aromatic carboxylic acids is 1. The van der Waals surface area contributed by atoms with Gasteiger partial charge in [-0.3, -0.25) is 9.69 Å². The third-order valence-electron chi connectivity index (χ3n) is 3.54. The fourth-order valence-corrected chi connectivity index (χ4v) is 2.29. The summed E-state index contributed by atoms with van der Waals surface area (Å²) in [7, 11) is 1.81. The van der Waals surface area contributed by atoms with E-state index in [2.05, 4.69) is 0 Å². The zero-order valence-electron chi connectivity index (χ0n) is 12.1. The summed E-state index contributed by atoms with van der Waals surface area (Å²) in [6, 6.07) is 6.57. The van der Waals surface area contributed by atoms with Crippen LogP contribution in [0.15, 0.2) is 24.3 Å². The number of rotatable bonds is 5. The van der Waals surface area contributed by atoms with Crippen LogP contribution in [0.2, 0.25) is 0 Å². The minimum absolute atomic E-state index is 0.110. The Labute approximate surface area is 123 Å². The molecule has 1 aromatic carbocycles. The van der Waals surface area contributed by atoms with Crippen LogP contribution in [0.4, 0.5) is 0 Å². The van der Waals surface area contributed by atoms with Crippen molar-refractivity contribution in [3.63, 3.8) is 0 Å². The summed E-state index contributed by atoms with van der Waals surface area (Å²) < 4.78 is 5.56. The van der Waals surface area contributed by atoms with Gasteiger partial charge < -0.3 is 14.7 Å². The number of likely N-dealkylation sites (N-methyl/N-ethyl adjacent to an activating group) is 1. The van der Waals surface area contributed by atoms with E-state index in [1.807, 2.05) is 11.9 Å². The quantitative estimate of drug-likeness (QED) is 0.874. The van der Waals surface area contributed by atoms with Gasteiger partial charge in [0.15, 0.2) is 0 Å². The highest BCUT2D eigenvalue weighted by atomic mass is 16.5. The zero-order chi connectivity index (χ0) is 15.2. The number of benzene rings is 1. The maximum Gasteiger partial charge on any atom is 0.339 e. The summed E-state index contributed by atoms with van der Waals surface area (Å²) in [6.07, 6.45) is 0.938. The van der Waals surface area contributed by atoms with Gasteiger partial charge in [-0.15, -0.1) is 0 Å². The maximum atomic E-state index is 11.8.